The Morgan fingerprint density at radius 3 is 2.13 bits per heavy atom. The number of allylic oxidation sites excluding steroid dienone is 1. The van der Waals surface area contributed by atoms with E-state index in [0.29, 0.717) is 18.3 Å². The second-order valence-electron chi connectivity index (χ2n) is 17.7. The highest BCUT2D eigenvalue weighted by atomic mass is 16.7. The van der Waals surface area contributed by atoms with E-state index < -0.39 is 61.2 Å². The van der Waals surface area contributed by atoms with Gasteiger partial charge in [-0.2, -0.15) is 0 Å². The van der Waals surface area contributed by atoms with Gasteiger partial charge in [0.15, 0.2) is 12.6 Å². The van der Waals surface area contributed by atoms with Crippen LogP contribution in [0.15, 0.2) is 11.6 Å². The number of ether oxygens (including phenoxy) is 4. The Morgan fingerprint density at radius 1 is 0.766 bits per heavy atom. The average Bonchev–Trinajstić information content (AvgIpc) is 3.51. The summed E-state index contributed by atoms with van der Waals surface area (Å²) in [7, 11) is 1.70. The van der Waals surface area contributed by atoms with Crippen molar-refractivity contribution in [2.75, 3.05) is 20.3 Å². The highest BCUT2D eigenvalue weighted by molar-refractivity contribution is 5.31. The quantitative estimate of drug-likeness (QED) is 0.177. The summed E-state index contributed by atoms with van der Waals surface area (Å²) in [5.74, 6) is 1.05. The third kappa shape index (κ3) is 4.58. The fourth-order valence-corrected chi connectivity index (χ4v) is 13.4. The standard InChI is InChI=1S/C37H60O10/c1-19(2)15-21-27(40)26(31(44-6)45-21)20-9-11-35(5)24-8-7-23-33(3,18-39)25(47-32-30(43)29(42)28(41)22(16-38)46-32)10-12-36(23)17-37(24,36)14-13-34(20,35)4/h15,20-32,38-43H,7-14,16-18H2,1-6H3/t20-,21-,22-,23-,24+,25+,26+,27-,28+,29-,30-,31+,32-,33-,34-,35+,36-,37+/m1/s1. The average molecular weight is 665 g/mol. The van der Waals surface area contributed by atoms with Crippen molar-refractivity contribution in [3.05, 3.63) is 11.6 Å². The molecule has 0 aromatic rings. The van der Waals surface area contributed by atoms with Crippen molar-refractivity contribution >= 4 is 0 Å². The van der Waals surface area contributed by atoms with Gasteiger partial charge in [0.25, 0.3) is 0 Å². The number of hydrogen-bond acceptors (Lipinski definition) is 10. The normalized spacial score (nSPS) is 58.3. The van der Waals surface area contributed by atoms with Crippen molar-refractivity contribution < 1.29 is 49.6 Å². The maximum absolute atomic E-state index is 11.6. The molecule has 7 aliphatic rings. The van der Waals surface area contributed by atoms with Gasteiger partial charge in [-0.25, -0.2) is 0 Å². The molecule has 18 atom stereocenters. The summed E-state index contributed by atoms with van der Waals surface area (Å²) in [5, 5.41) is 63.8. The molecular formula is C37H60O10. The second-order valence-corrected chi connectivity index (χ2v) is 17.7. The van der Waals surface area contributed by atoms with Crippen LogP contribution in [-0.4, -0.2) is 106 Å². The molecule has 10 heteroatoms. The summed E-state index contributed by atoms with van der Waals surface area (Å²) in [6, 6.07) is 0. The van der Waals surface area contributed by atoms with E-state index in [4.69, 9.17) is 18.9 Å². The lowest BCUT2D eigenvalue weighted by Crippen LogP contribution is -2.63. The van der Waals surface area contributed by atoms with Crippen LogP contribution < -0.4 is 0 Å². The van der Waals surface area contributed by atoms with E-state index in [1.165, 1.54) is 6.42 Å². The first-order valence-corrected chi connectivity index (χ1v) is 18.3. The van der Waals surface area contributed by atoms with Gasteiger partial charge in [0.2, 0.25) is 0 Å². The highest BCUT2D eigenvalue weighted by Crippen LogP contribution is 2.89. The SMILES string of the molecule is CO[C@H]1O[C@H](C=C(C)C)[C@@H](O)[C@@H]1[C@H]1CC[C@@]2(C)[C@@H]3CC[C@@H]4[C@@](C)(CO)[C@@H](O[C@H]5O[C@H](CO)[C@H](O)[C@@H](O)[C@H]5O)CC[C@@]45C[C@@]35CC[C@]12C. The van der Waals surface area contributed by atoms with Crippen LogP contribution in [0.5, 0.6) is 0 Å². The fraction of sp³-hybridized carbons (Fsp3) is 0.946. The Kier molecular flexibility index (Phi) is 8.65. The van der Waals surface area contributed by atoms with Crippen molar-refractivity contribution in [2.24, 2.45) is 50.7 Å². The van der Waals surface area contributed by atoms with Crippen LogP contribution in [-0.2, 0) is 18.9 Å². The Labute approximate surface area is 279 Å². The summed E-state index contributed by atoms with van der Waals surface area (Å²) in [5.41, 5.74) is 1.09. The monoisotopic (exact) mass is 664 g/mol. The summed E-state index contributed by atoms with van der Waals surface area (Å²) < 4.78 is 24.4. The van der Waals surface area contributed by atoms with Gasteiger partial charge in [0.05, 0.1) is 25.4 Å². The maximum atomic E-state index is 11.6. The first-order chi connectivity index (χ1) is 22.2. The topological polar surface area (TPSA) is 158 Å². The van der Waals surface area contributed by atoms with Gasteiger partial charge in [-0.1, -0.05) is 32.4 Å². The zero-order chi connectivity index (χ0) is 33.9. The predicted octanol–water partition coefficient (Wildman–Crippen LogP) is 2.90. The van der Waals surface area contributed by atoms with E-state index in [1.807, 2.05) is 19.9 Å². The van der Waals surface area contributed by atoms with Crippen molar-refractivity contribution in [3.63, 3.8) is 0 Å². The molecule has 0 amide bonds. The van der Waals surface area contributed by atoms with E-state index in [-0.39, 0.29) is 46.2 Å². The van der Waals surface area contributed by atoms with Crippen LogP contribution in [0.3, 0.4) is 0 Å². The molecule has 5 aliphatic carbocycles. The largest absolute Gasteiger partial charge is 0.396 e. The van der Waals surface area contributed by atoms with Gasteiger partial charge in [0.1, 0.15) is 30.5 Å². The van der Waals surface area contributed by atoms with Gasteiger partial charge >= 0.3 is 0 Å². The van der Waals surface area contributed by atoms with E-state index in [9.17, 15) is 30.6 Å². The van der Waals surface area contributed by atoms with Crippen molar-refractivity contribution in [1.29, 1.82) is 0 Å². The molecule has 6 N–H and O–H groups in total. The first-order valence-electron chi connectivity index (χ1n) is 18.3. The highest BCUT2D eigenvalue weighted by Gasteiger charge is 2.83. The summed E-state index contributed by atoms with van der Waals surface area (Å²) in [6.07, 6.45) is 3.04. The van der Waals surface area contributed by atoms with Gasteiger partial charge in [-0.3, -0.25) is 0 Å². The van der Waals surface area contributed by atoms with Gasteiger partial charge < -0.3 is 49.6 Å². The van der Waals surface area contributed by atoms with Crippen LogP contribution >= 0.6 is 0 Å². The molecule has 47 heavy (non-hydrogen) atoms. The van der Waals surface area contributed by atoms with Crippen LogP contribution in [0.2, 0.25) is 0 Å². The van der Waals surface area contributed by atoms with Crippen molar-refractivity contribution in [2.45, 2.75) is 148 Å². The molecule has 0 bridgehead atoms. The van der Waals surface area contributed by atoms with Gasteiger partial charge in [-0.05, 0) is 111 Å². The lowest BCUT2D eigenvalue weighted by atomic mass is 9.41. The number of aliphatic hydroxyl groups is 6. The molecule has 0 radical (unpaired) electrons. The molecule has 0 unspecified atom stereocenters. The third-order valence-corrected chi connectivity index (χ3v) is 15.9. The van der Waals surface area contributed by atoms with E-state index >= 15 is 0 Å². The lowest BCUT2D eigenvalue weighted by Gasteiger charge is -2.64. The molecule has 5 saturated carbocycles. The molecule has 0 aromatic heterocycles. The molecule has 10 nitrogen and oxygen atoms in total. The Bertz CT molecular complexity index is 1220. The minimum Gasteiger partial charge on any atom is -0.396 e. The molecule has 2 heterocycles. The van der Waals surface area contributed by atoms with Crippen molar-refractivity contribution in [3.8, 4) is 0 Å². The van der Waals surface area contributed by atoms with Crippen LogP contribution in [0.1, 0.15) is 92.4 Å². The van der Waals surface area contributed by atoms with Gasteiger partial charge in [0, 0.05) is 18.4 Å². The number of aliphatic hydroxyl groups excluding tert-OH is 6. The smallest absolute Gasteiger partial charge is 0.186 e. The molecule has 268 valence electrons. The zero-order valence-corrected chi connectivity index (χ0v) is 29.2. The number of fused-ring (bicyclic) bond motifs is 2. The Hall–Kier alpha value is -0.660. The molecule has 2 spiro atoms. The van der Waals surface area contributed by atoms with E-state index in [0.717, 1.165) is 50.5 Å². The Morgan fingerprint density at radius 2 is 1.47 bits per heavy atom. The summed E-state index contributed by atoms with van der Waals surface area (Å²) in [4.78, 5) is 0. The number of hydrogen-bond donors (Lipinski definition) is 6. The molecule has 7 fully saturated rings. The predicted molar refractivity (Wildman–Crippen MR) is 172 cm³/mol. The fourth-order valence-electron chi connectivity index (χ4n) is 13.4. The van der Waals surface area contributed by atoms with E-state index in [1.54, 1.807) is 7.11 Å². The van der Waals surface area contributed by atoms with Crippen LogP contribution in [0, 0.1) is 50.7 Å². The molecule has 7 rings (SSSR count). The van der Waals surface area contributed by atoms with Gasteiger partial charge in [-0.15, -0.1) is 0 Å². The third-order valence-electron chi connectivity index (χ3n) is 15.9. The van der Waals surface area contributed by atoms with Crippen LogP contribution in [0.4, 0.5) is 0 Å². The second kappa shape index (κ2) is 11.7. The summed E-state index contributed by atoms with van der Waals surface area (Å²) in [6.45, 7) is 10.7. The lowest BCUT2D eigenvalue weighted by molar-refractivity contribution is -0.329. The van der Waals surface area contributed by atoms with Crippen LogP contribution in [0.25, 0.3) is 0 Å². The van der Waals surface area contributed by atoms with Crippen molar-refractivity contribution in [1.82, 2.24) is 0 Å². The molecule has 2 saturated heterocycles. The minimum atomic E-state index is -1.50. The molecule has 0 aromatic carbocycles. The minimum absolute atomic E-state index is 0.0505. The van der Waals surface area contributed by atoms with E-state index in [2.05, 4.69) is 20.8 Å². The molecular weight excluding hydrogens is 604 g/mol. The molecule has 2 aliphatic heterocycles. The first kappa shape index (κ1) is 34.8. The maximum Gasteiger partial charge on any atom is 0.186 e. The Balaban J connectivity index is 1.13. The zero-order valence-electron chi connectivity index (χ0n) is 29.2. The number of rotatable bonds is 7. The number of methoxy groups -OCH3 is 1. The summed E-state index contributed by atoms with van der Waals surface area (Å²) >= 11 is 0.